The molecule has 0 N–H and O–H groups in total. The highest BCUT2D eigenvalue weighted by molar-refractivity contribution is 7.99. The minimum Gasteiger partial charge on any atom is -0.442 e. The average Bonchev–Trinajstić information content (AvgIpc) is 0.905. The predicted octanol–water partition coefficient (Wildman–Crippen LogP) is 31.9. The molecule has 1 aliphatic heterocycles. The van der Waals surface area contributed by atoms with Gasteiger partial charge in [-0.05, 0) is 321 Å². The van der Waals surface area contributed by atoms with Gasteiger partial charge in [-0.2, -0.15) is 8.42 Å². The van der Waals surface area contributed by atoms with Crippen LogP contribution in [0, 0.1) is 0 Å². The minimum absolute atomic E-state index is 0.00832. The summed E-state index contributed by atoms with van der Waals surface area (Å²) in [4.78, 5) is 38.5. The van der Waals surface area contributed by atoms with Gasteiger partial charge in [-0.25, -0.2) is 4.79 Å². The molecule has 0 saturated carbocycles. The second-order valence-corrected chi connectivity index (χ2v) is 32.6. The number of cyclic esters (lactones) is 1. The van der Waals surface area contributed by atoms with Crippen molar-refractivity contribution < 1.29 is 27.5 Å². The zero-order chi connectivity index (χ0) is 82.4. The summed E-state index contributed by atoms with van der Waals surface area (Å²) in [5.74, 6) is -0.259. The molecular weight excluding hydrogens is 1410 g/mol. The van der Waals surface area contributed by atoms with E-state index in [1.165, 1.54) is 147 Å². The van der Waals surface area contributed by atoms with Crippen molar-refractivity contribution in [1.29, 1.82) is 0 Å². The molecule has 4 aromatic rings. The van der Waals surface area contributed by atoms with E-state index in [0.717, 1.165) is 113 Å². The largest absolute Gasteiger partial charge is 0.442 e. The van der Waals surface area contributed by atoms with Gasteiger partial charge in [0.1, 0.15) is 0 Å². The number of ether oxygens (including phenoxy) is 1. The van der Waals surface area contributed by atoms with E-state index in [2.05, 4.69) is 239 Å². The number of carbonyl (C=O) groups excluding carboxylic acids is 3. The third-order valence-electron chi connectivity index (χ3n) is 20.4. The van der Waals surface area contributed by atoms with Gasteiger partial charge in [0.25, 0.3) is 0 Å². The van der Waals surface area contributed by atoms with Gasteiger partial charge in [-0.1, -0.05) is 272 Å². The first-order chi connectivity index (χ1) is 53.7. The van der Waals surface area contributed by atoms with Gasteiger partial charge in [-0.15, -0.1) is 0 Å². The Bertz CT molecular complexity index is 4140. The van der Waals surface area contributed by atoms with Crippen LogP contribution in [0.15, 0.2) is 294 Å². The normalized spacial score (nSPS) is 15.0. The summed E-state index contributed by atoms with van der Waals surface area (Å²) in [6.07, 6.45) is 64.6. The van der Waals surface area contributed by atoms with E-state index in [9.17, 15) is 14.4 Å². The number of fused-ring (bicyclic) bond motifs is 2. The average molecular weight is 1550 g/mol. The van der Waals surface area contributed by atoms with Crippen LogP contribution in [0.2, 0.25) is 0 Å². The van der Waals surface area contributed by atoms with Crippen LogP contribution in [0.5, 0.6) is 0 Å². The molecule has 0 amide bonds. The van der Waals surface area contributed by atoms with E-state index in [1.54, 1.807) is 30.8 Å². The highest BCUT2D eigenvalue weighted by atomic mass is 32.2. The quantitative estimate of drug-likeness (QED) is 0.0322. The number of hydrogen-bond acceptors (Lipinski definition) is 7. The lowest BCUT2D eigenvalue weighted by Crippen LogP contribution is -2.20. The van der Waals surface area contributed by atoms with Crippen LogP contribution in [-0.4, -0.2) is 26.0 Å². The molecule has 112 heavy (non-hydrogen) atoms. The molecule has 0 saturated heterocycles. The van der Waals surface area contributed by atoms with E-state index in [4.69, 9.17) is 13.2 Å². The van der Waals surface area contributed by atoms with Gasteiger partial charge in [0, 0.05) is 32.7 Å². The van der Waals surface area contributed by atoms with Crippen molar-refractivity contribution in [2.45, 2.75) is 302 Å². The predicted molar refractivity (Wildman–Crippen MR) is 488 cm³/mol. The second kappa shape index (κ2) is 58.5. The van der Waals surface area contributed by atoms with Crippen molar-refractivity contribution in [2.75, 3.05) is 0 Å². The summed E-state index contributed by atoms with van der Waals surface area (Å²) >= 11 is 0.805. The lowest BCUT2D eigenvalue weighted by Gasteiger charge is -2.18. The van der Waals surface area contributed by atoms with Crippen LogP contribution < -0.4 is 0 Å². The third kappa shape index (κ3) is 43.7. The number of carbonyl (C=O) groups is 3. The third-order valence-corrected chi connectivity index (χ3v) is 21.5. The molecule has 0 aromatic heterocycles. The Balaban J connectivity index is 0.000000465. The smallest absolute Gasteiger partial charge is 0.340 e. The van der Waals surface area contributed by atoms with E-state index >= 15 is 0 Å². The first-order valence-electron chi connectivity index (χ1n) is 41.4. The number of thioether (sulfide) groups is 1. The molecule has 0 spiro atoms. The molecule has 1 aliphatic carbocycles. The van der Waals surface area contributed by atoms with Crippen molar-refractivity contribution in [3.8, 4) is 0 Å². The maximum atomic E-state index is 13.0. The zero-order valence-electron chi connectivity index (χ0n) is 72.3. The molecule has 4 aromatic carbocycles. The highest BCUT2D eigenvalue weighted by Gasteiger charge is 2.31. The number of hydrogen-bond donors (Lipinski definition) is 0. The van der Waals surface area contributed by atoms with E-state index in [1.807, 2.05) is 66.7 Å². The van der Waals surface area contributed by atoms with E-state index in [0.29, 0.717) is 34.3 Å². The molecular formula is C104H140O6S2. The number of esters is 1. The van der Waals surface area contributed by atoms with Crippen molar-refractivity contribution in [1.82, 2.24) is 0 Å². The lowest BCUT2D eigenvalue weighted by molar-refractivity contribution is 0.0521. The zero-order valence-corrected chi connectivity index (χ0v) is 73.9. The van der Waals surface area contributed by atoms with Crippen LogP contribution >= 0.6 is 11.8 Å². The maximum Gasteiger partial charge on any atom is 0.340 e. The monoisotopic (exact) mass is 1550 g/mol. The van der Waals surface area contributed by atoms with E-state index < -0.39 is 11.6 Å². The standard InChI is InChI=1S/C46H64O2.C44H66.C14H10O2S.O2S/c1-34(2)18-12-19-35(3)20-13-21-36(4)22-14-23-37(5)24-15-25-38(6)26-16-27-39(7)28-17-29-40(8)32-33-42-41(9)45(47)43-30-10-11-31-44(43)46(42)48;1-10-43(44-32-12-11-13-33-44)35-34-42(9)31-19-30-41(8)29-18-28-40(7)27-17-26-39(6)25-16-24-38(5)23-15-22-37(4)21-14-20-36(2)3;15-13-11-8-4-5-9-12(11)14(16-13)17-10-6-2-1-3-7-10;1-3-2/h10-11,18,20,22,24,26,28,30-32H,12-17,19,21,23,25,27,29,33H2,1-9H3;10-13,20,22,24,26,28,30,32-34H,14-19,21,23,25,27,29,31,35H2,1-9H3;1-9,14H;/b35-20+,36-22+,37-24+,38-26+,39-28+,40-32+;37-22+,38-24+,39-26+,40-28+,41-30+,42-34+,43-10+;;. The maximum absolute atomic E-state index is 13.0. The molecule has 0 bridgehead atoms. The lowest BCUT2D eigenvalue weighted by atomic mass is 9.83. The molecule has 2 aliphatic rings. The molecule has 6 nitrogen and oxygen atoms in total. The number of ketones is 2. The number of Topliss-reactive ketones (excluding diaryl/α,β-unsaturated/α-hetero) is 2. The number of benzene rings is 4. The Morgan fingerprint density at radius 2 is 0.616 bits per heavy atom. The van der Waals surface area contributed by atoms with Crippen LogP contribution in [0.25, 0.3) is 5.57 Å². The highest BCUT2D eigenvalue weighted by Crippen LogP contribution is 2.42. The van der Waals surface area contributed by atoms with Gasteiger partial charge in [0.2, 0.25) is 0 Å². The van der Waals surface area contributed by atoms with Crippen LogP contribution in [0.4, 0.5) is 0 Å². The molecule has 1 unspecified atom stereocenters. The van der Waals surface area contributed by atoms with Crippen LogP contribution in [0.1, 0.15) is 339 Å². The van der Waals surface area contributed by atoms with Gasteiger partial charge in [0.05, 0.1) is 5.56 Å². The number of rotatable bonds is 43. The molecule has 0 fully saturated rings. The first-order valence-corrected chi connectivity index (χ1v) is 43.0. The SMILES string of the molecule is C/C=C(\C/C=C(\C)CC/C=C(\C)CC/C=C(\C)CC/C=C(\C)CC/C=C(\C)CC/C=C(\C)CCC=C(C)C)c1ccccc1.CC(C)=CCC/C(C)=C/CC/C(C)=C/CC/C(C)=C/CC/C(C)=C/CC/C(C)=C/CC/C(C)=C/CC1=C(C)C(=O)c2ccccc2C1=O.O=C1OC(Sc2ccccc2)c2ccccc21.O=S=O. The molecule has 6 rings (SSSR count). The van der Waals surface area contributed by atoms with Gasteiger partial charge in [0.15, 0.2) is 17.0 Å². The van der Waals surface area contributed by atoms with Crippen LogP contribution in [-0.2, 0) is 16.3 Å². The van der Waals surface area contributed by atoms with E-state index in [-0.39, 0.29) is 23.0 Å². The molecule has 8 heteroatoms. The summed E-state index contributed by atoms with van der Waals surface area (Å²) in [6.45, 7) is 39.8. The molecule has 1 atom stereocenters. The first kappa shape index (κ1) is 97.9. The molecule has 604 valence electrons. The summed E-state index contributed by atoms with van der Waals surface area (Å²) in [7, 11) is 0. The minimum atomic E-state index is -0.750. The fourth-order valence-electron chi connectivity index (χ4n) is 13.1. The van der Waals surface area contributed by atoms with Crippen molar-refractivity contribution in [3.05, 3.63) is 317 Å². The summed E-state index contributed by atoms with van der Waals surface area (Å²) < 4.78 is 21.9. The van der Waals surface area contributed by atoms with Crippen molar-refractivity contribution >= 4 is 46.4 Å². The second-order valence-electron chi connectivity index (χ2n) is 31.4. The summed E-state index contributed by atoms with van der Waals surface area (Å²) in [5, 5.41) is 0. The van der Waals surface area contributed by atoms with Crippen LogP contribution in [0.3, 0.4) is 0 Å². The molecule has 0 radical (unpaired) electrons. The van der Waals surface area contributed by atoms with Crippen molar-refractivity contribution in [3.63, 3.8) is 0 Å². The Morgan fingerprint density at radius 3 is 0.946 bits per heavy atom. The fourth-order valence-corrected chi connectivity index (χ4v) is 14.1. The fraction of sp³-hybridized carbons (Fsp3) is 0.433. The summed E-state index contributed by atoms with van der Waals surface area (Å²) in [6, 6.07) is 35.4. The molecule has 1 heterocycles. The Hall–Kier alpha value is -8.30. The Kier molecular flexibility index (Phi) is 51.2. The van der Waals surface area contributed by atoms with Gasteiger partial charge in [-0.3, -0.25) is 9.59 Å². The van der Waals surface area contributed by atoms with Crippen molar-refractivity contribution in [2.24, 2.45) is 0 Å². The van der Waals surface area contributed by atoms with Gasteiger partial charge >= 0.3 is 17.5 Å². The van der Waals surface area contributed by atoms with Gasteiger partial charge < -0.3 is 4.74 Å². The summed E-state index contributed by atoms with van der Waals surface area (Å²) in [5.41, 5.74) is 27.1. The number of allylic oxidation sites excluding steroid dienone is 32. The topological polar surface area (TPSA) is 94.6 Å². The Labute approximate surface area is 688 Å². The Morgan fingerprint density at radius 1 is 0.339 bits per heavy atom.